The van der Waals surface area contributed by atoms with Crippen molar-refractivity contribution in [3.63, 3.8) is 0 Å². The van der Waals surface area contributed by atoms with Crippen molar-refractivity contribution >= 4 is 5.71 Å². The van der Waals surface area contributed by atoms with E-state index in [-0.39, 0.29) is 11.7 Å². The maximum atomic E-state index is 14.1. The quantitative estimate of drug-likeness (QED) is 0.861. The van der Waals surface area contributed by atoms with Gasteiger partial charge in [-0.3, -0.25) is 4.99 Å². The molecule has 0 spiro atoms. The third kappa shape index (κ3) is 3.31. The zero-order chi connectivity index (χ0) is 17.2. The van der Waals surface area contributed by atoms with Gasteiger partial charge in [0, 0.05) is 18.5 Å². The number of rotatable bonds is 3. The number of tetrazole rings is 1. The van der Waals surface area contributed by atoms with Crippen molar-refractivity contribution in [1.82, 2.24) is 20.2 Å². The molecule has 7 heteroatoms. The molecule has 1 unspecified atom stereocenters. The highest BCUT2D eigenvalue weighted by molar-refractivity contribution is 6.06. The zero-order valence-electron chi connectivity index (χ0n) is 13.3. The average molecular weight is 339 g/mol. The number of halogens is 2. The van der Waals surface area contributed by atoms with Crippen molar-refractivity contribution in [3.05, 3.63) is 71.6 Å². The first-order chi connectivity index (χ1) is 12.2. The number of aliphatic imine (C=N–C) groups is 1. The topological polar surface area (TPSA) is 56.0 Å². The Kier molecular flexibility index (Phi) is 4.05. The Morgan fingerprint density at radius 3 is 2.80 bits per heavy atom. The van der Waals surface area contributed by atoms with Crippen LogP contribution in [0.2, 0.25) is 0 Å². The molecule has 0 radical (unpaired) electrons. The van der Waals surface area contributed by atoms with Gasteiger partial charge in [0.05, 0.1) is 5.69 Å². The summed E-state index contributed by atoms with van der Waals surface area (Å²) in [4.78, 5) is 5.64. The van der Waals surface area contributed by atoms with Gasteiger partial charge in [0.2, 0.25) is 5.82 Å². The number of aromatic nitrogens is 4. The highest BCUT2D eigenvalue weighted by atomic mass is 19.1. The molecule has 1 aliphatic carbocycles. The van der Waals surface area contributed by atoms with E-state index in [9.17, 15) is 8.78 Å². The van der Waals surface area contributed by atoms with Gasteiger partial charge in [-0.1, -0.05) is 12.2 Å². The third-order valence-corrected chi connectivity index (χ3v) is 4.11. The Morgan fingerprint density at radius 1 is 1.12 bits per heavy atom. The van der Waals surface area contributed by atoms with Crippen LogP contribution >= 0.6 is 0 Å². The minimum atomic E-state index is -0.398. The minimum absolute atomic E-state index is 0.0809. The Bertz CT molecular complexity index is 923. The Morgan fingerprint density at radius 2 is 2.04 bits per heavy atom. The van der Waals surface area contributed by atoms with E-state index in [2.05, 4.69) is 20.4 Å². The van der Waals surface area contributed by atoms with Gasteiger partial charge in [0.25, 0.3) is 0 Å². The second kappa shape index (κ2) is 6.51. The molecule has 0 bridgehead atoms. The van der Waals surface area contributed by atoms with Crippen molar-refractivity contribution in [2.75, 3.05) is 6.54 Å². The predicted molar refractivity (Wildman–Crippen MR) is 90.0 cm³/mol. The van der Waals surface area contributed by atoms with E-state index in [1.165, 1.54) is 29.1 Å². The first-order valence-electron chi connectivity index (χ1n) is 8.05. The molecule has 2 aromatic rings. The monoisotopic (exact) mass is 339 g/mol. The fourth-order valence-corrected chi connectivity index (χ4v) is 2.85. The van der Waals surface area contributed by atoms with Crippen molar-refractivity contribution in [1.29, 1.82) is 0 Å². The van der Waals surface area contributed by atoms with Crippen LogP contribution in [0.15, 0.2) is 59.4 Å². The number of nitrogens with zero attached hydrogens (tertiary/aromatic N) is 5. The highest BCUT2D eigenvalue weighted by Crippen LogP contribution is 2.29. The summed E-state index contributed by atoms with van der Waals surface area (Å²) in [6.45, 7) is 0.697. The van der Waals surface area contributed by atoms with E-state index < -0.39 is 5.82 Å². The summed E-state index contributed by atoms with van der Waals surface area (Å²) in [5, 5.41) is 12.3. The fourth-order valence-electron chi connectivity index (χ4n) is 2.85. The van der Waals surface area contributed by atoms with Crippen LogP contribution in [0.1, 0.15) is 30.1 Å². The molecule has 0 saturated heterocycles. The van der Waals surface area contributed by atoms with Gasteiger partial charge >= 0.3 is 0 Å². The predicted octanol–water partition coefficient (Wildman–Crippen LogP) is 3.45. The first kappa shape index (κ1) is 15.6. The Hall–Kier alpha value is -2.96. The molecular formula is C18H15F2N5. The summed E-state index contributed by atoms with van der Waals surface area (Å²) >= 11 is 0. The summed E-state index contributed by atoms with van der Waals surface area (Å²) in [7, 11) is 0. The van der Waals surface area contributed by atoms with Gasteiger partial charge < -0.3 is 0 Å². The highest BCUT2D eigenvalue weighted by Gasteiger charge is 2.16. The SMILES string of the molecule is FC1=CCC(c2cc(F)cc(-n3nnc(C4=NCCC=C4)n3)c2)C=C1. The number of dihydropyridines is 1. The van der Waals surface area contributed by atoms with E-state index in [1.807, 2.05) is 12.2 Å². The van der Waals surface area contributed by atoms with Crippen LogP contribution in [-0.4, -0.2) is 32.5 Å². The minimum Gasteiger partial charge on any atom is -0.281 e. The molecule has 25 heavy (non-hydrogen) atoms. The fraction of sp³-hybridized carbons (Fsp3) is 0.222. The maximum absolute atomic E-state index is 14.1. The number of hydrogen-bond donors (Lipinski definition) is 0. The molecule has 1 atom stereocenters. The first-order valence-corrected chi connectivity index (χ1v) is 8.05. The smallest absolute Gasteiger partial charge is 0.223 e. The van der Waals surface area contributed by atoms with Crippen LogP contribution in [0.4, 0.5) is 8.78 Å². The molecule has 1 aromatic carbocycles. The summed E-state index contributed by atoms with van der Waals surface area (Å²) < 4.78 is 27.2. The molecular weight excluding hydrogens is 324 g/mol. The van der Waals surface area contributed by atoms with E-state index in [0.717, 1.165) is 12.0 Å². The number of benzene rings is 1. The maximum Gasteiger partial charge on any atom is 0.223 e. The normalized spacial score (nSPS) is 19.7. The van der Waals surface area contributed by atoms with Gasteiger partial charge in [-0.25, -0.2) is 8.78 Å². The van der Waals surface area contributed by atoms with Crippen molar-refractivity contribution < 1.29 is 8.78 Å². The van der Waals surface area contributed by atoms with Gasteiger partial charge in [0.15, 0.2) is 0 Å². The summed E-state index contributed by atoms with van der Waals surface area (Å²) in [6, 6.07) is 4.58. The third-order valence-electron chi connectivity index (χ3n) is 4.11. The molecule has 2 aliphatic rings. The molecule has 0 saturated carbocycles. The van der Waals surface area contributed by atoms with Crippen LogP contribution in [0.5, 0.6) is 0 Å². The molecule has 5 nitrogen and oxygen atoms in total. The Labute approximate surface area is 143 Å². The average Bonchev–Trinajstić information content (AvgIpc) is 3.13. The van der Waals surface area contributed by atoms with Crippen molar-refractivity contribution in [2.45, 2.75) is 18.8 Å². The van der Waals surface area contributed by atoms with Crippen molar-refractivity contribution in [2.24, 2.45) is 4.99 Å². The van der Waals surface area contributed by atoms with Crippen LogP contribution < -0.4 is 0 Å². The Balaban J connectivity index is 1.65. The standard InChI is InChI=1S/C18H15F2N5/c19-14-6-4-12(5-7-14)13-9-15(20)11-16(10-13)25-23-18(22-24-25)17-3-1-2-8-21-17/h1,3-4,6-7,9-12H,2,5,8H2. The molecule has 0 N–H and O–H groups in total. The molecule has 4 rings (SSSR count). The molecule has 0 amide bonds. The number of hydrogen-bond acceptors (Lipinski definition) is 4. The van der Waals surface area contributed by atoms with E-state index >= 15 is 0 Å². The molecule has 2 heterocycles. The molecule has 1 aromatic heterocycles. The van der Waals surface area contributed by atoms with Gasteiger partial charge in [0.1, 0.15) is 17.4 Å². The second-order valence-electron chi connectivity index (χ2n) is 5.89. The lowest BCUT2D eigenvalue weighted by Gasteiger charge is -2.15. The van der Waals surface area contributed by atoms with Crippen LogP contribution in [0.25, 0.3) is 5.69 Å². The van der Waals surface area contributed by atoms with Crippen LogP contribution in [-0.2, 0) is 0 Å². The molecule has 0 fully saturated rings. The van der Waals surface area contributed by atoms with E-state index in [1.54, 1.807) is 12.1 Å². The van der Waals surface area contributed by atoms with Gasteiger partial charge in [-0.05, 0) is 54.0 Å². The van der Waals surface area contributed by atoms with Crippen LogP contribution in [0, 0.1) is 5.82 Å². The van der Waals surface area contributed by atoms with Gasteiger partial charge in [-0.2, -0.15) is 0 Å². The summed E-state index contributed by atoms with van der Waals surface area (Å²) in [5.41, 5.74) is 1.88. The van der Waals surface area contributed by atoms with E-state index in [0.29, 0.717) is 30.2 Å². The molecule has 1 aliphatic heterocycles. The zero-order valence-corrected chi connectivity index (χ0v) is 13.3. The second-order valence-corrected chi connectivity index (χ2v) is 5.89. The summed E-state index contributed by atoms with van der Waals surface area (Å²) in [5.74, 6) is -0.339. The van der Waals surface area contributed by atoms with Crippen LogP contribution in [0.3, 0.4) is 0 Å². The largest absolute Gasteiger partial charge is 0.281 e. The summed E-state index contributed by atoms with van der Waals surface area (Å²) in [6.07, 6.45) is 9.88. The lowest BCUT2D eigenvalue weighted by atomic mass is 9.92. The van der Waals surface area contributed by atoms with Gasteiger partial charge in [-0.15, -0.1) is 15.0 Å². The lowest BCUT2D eigenvalue weighted by molar-refractivity contribution is 0.613. The van der Waals surface area contributed by atoms with Crippen molar-refractivity contribution in [3.8, 4) is 5.69 Å². The lowest BCUT2D eigenvalue weighted by Crippen LogP contribution is -2.07. The number of allylic oxidation sites excluding steroid dienone is 5. The molecule has 126 valence electrons. The van der Waals surface area contributed by atoms with E-state index in [4.69, 9.17) is 0 Å².